The van der Waals surface area contributed by atoms with E-state index in [1.165, 1.54) is 25.5 Å². The van der Waals surface area contributed by atoms with Gasteiger partial charge in [-0.2, -0.15) is 4.72 Å². The molecule has 9 heteroatoms. The molecule has 8 nitrogen and oxygen atoms in total. The van der Waals surface area contributed by atoms with Crippen LogP contribution in [-0.4, -0.2) is 52.6 Å². The van der Waals surface area contributed by atoms with E-state index in [4.69, 9.17) is 13.9 Å². The Morgan fingerprint density at radius 3 is 2.52 bits per heavy atom. The van der Waals surface area contributed by atoms with Gasteiger partial charge in [0.05, 0.1) is 43.9 Å². The Labute approximate surface area is 158 Å². The van der Waals surface area contributed by atoms with Crippen LogP contribution in [0.3, 0.4) is 0 Å². The van der Waals surface area contributed by atoms with Crippen molar-refractivity contribution in [2.45, 2.75) is 17.4 Å². The van der Waals surface area contributed by atoms with Crippen LogP contribution >= 0.6 is 0 Å². The van der Waals surface area contributed by atoms with Gasteiger partial charge in [0, 0.05) is 13.1 Å². The number of furan rings is 1. The van der Waals surface area contributed by atoms with Crippen LogP contribution in [-0.2, 0) is 19.6 Å². The topological polar surface area (TPSA) is 98.1 Å². The Kier molecular flexibility index (Phi) is 6.15. The van der Waals surface area contributed by atoms with E-state index in [-0.39, 0.29) is 17.2 Å². The highest BCUT2D eigenvalue weighted by Crippen LogP contribution is 2.23. The lowest BCUT2D eigenvalue weighted by molar-refractivity contribution is -0.135. The SMILES string of the molecule is COc1ccc(S(=O)(=O)NC(CC(=O)N2CCOCC2)c2ccco2)cc1. The molecule has 0 aliphatic carbocycles. The van der Waals surface area contributed by atoms with Crippen molar-refractivity contribution in [3.05, 3.63) is 48.4 Å². The lowest BCUT2D eigenvalue weighted by Crippen LogP contribution is -2.42. The number of hydrogen-bond donors (Lipinski definition) is 1. The van der Waals surface area contributed by atoms with E-state index in [0.717, 1.165) is 0 Å². The van der Waals surface area contributed by atoms with Crippen molar-refractivity contribution in [3.8, 4) is 5.75 Å². The molecule has 146 valence electrons. The summed E-state index contributed by atoms with van der Waals surface area (Å²) in [6.45, 7) is 1.95. The Hall–Kier alpha value is -2.36. The van der Waals surface area contributed by atoms with Crippen molar-refractivity contribution >= 4 is 15.9 Å². The van der Waals surface area contributed by atoms with Gasteiger partial charge in [0.15, 0.2) is 0 Å². The summed E-state index contributed by atoms with van der Waals surface area (Å²) >= 11 is 0. The minimum absolute atomic E-state index is 0.0388. The number of hydrogen-bond acceptors (Lipinski definition) is 6. The average molecular weight is 394 g/mol. The molecule has 0 spiro atoms. The van der Waals surface area contributed by atoms with E-state index in [2.05, 4.69) is 4.72 Å². The molecule has 0 saturated carbocycles. The van der Waals surface area contributed by atoms with Crippen LogP contribution in [0.4, 0.5) is 0 Å². The lowest BCUT2D eigenvalue weighted by Gasteiger charge is -2.28. The van der Waals surface area contributed by atoms with Crippen LogP contribution in [0.1, 0.15) is 18.2 Å². The number of carbonyl (C=O) groups excluding carboxylic acids is 1. The van der Waals surface area contributed by atoms with Gasteiger partial charge in [-0.3, -0.25) is 4.79 Å². The number of amides is 1. The summed E-state index contributed by atoms with van der Waals surface area (Å²) in [5, 5.41) is 0. The molecule has 2 heterocycles. The van der Waals surface area contributed by atoms with E-state index in [0.29, 0.717) is 37.8 Å². The van der Waals surface area contributed by atoms with Gasteiger partial charge in [-0.1, -0.05) is 0 Å². The van der Waals surface area contributed by atoms with Crippen LogP contribution in [0.5, 0.6) is 5.75 Å². The minimum Gasteiger partial charge on any atom is -0.497 e. The first-order chi connectivity index (χ1) is 13.0. The number of morpholine rings is 1. The zero-order chi connectivity index (χ0) is 19.3. The molecule has 1 aliphatic rings. The number of sulfonamides is 1. The number of ether oxygens (including phenoxy) is 2. The summed E-state index contributed by atoms with van der Waals surface area (Å²) in [7, 11) is -2.34. The van der Waals surface area contributed by atoms with Crippen LogP contribution < -0.4 is 9.46 Å². The number of nitrogens with one attached hydrogen (secondary N) is 1. The third-order valence-electron chi connectivity index (χ3n) is 4.30. The highest BCUT2D eigenvalue weighted by molar-refractivity contribution is 7.89. The molecule has 1 aliphatic heterocycles. The van der Waals surface area contributed by atoms with Gasteiger partial charge in [0.1, 0.15) is 11.5 Å². The van der Waals surface area contributed by atoms with Crippen LogP contribution in [0.2, 0.25) is 0 Å². The Morgan fingerprint density at radius 2 is 1.93 bits per heavy atom. The van der Waals surface area contributed by atoms with E-state index >= 15 is 0 Å². The molecule has 3 rings (SSSR count). The quantitative estimate of drug-likeness (QED) is 0.765. The summed E-state index contributed by atoms with van der Waals surface area (Å²) in [5.41, 5.74) is 0. The number of nitrogens with zero attached hydrogens (tertiary/aromatic N) is 1. The summed E-state index contributed by atoms with van der Waals surface area (Å²) in [4.78, 5) is 14.3. The number of methoxy groups -OCH3 is 1. The van der Waals surface area contributed by atoms with E-state index in [9.17, 15) is 13.2 Å². The highest BCUT2D eigenvalue weighted by atomic mass is 32.2. The zero-order valence-corrected chi connectivity index (χ0v) is 15.8. The molecule has 1 fully saturated rings. The Balaban J connectivity index is 1.77. The zero-order valence-electron chi connectivity index (χ0n) is 15.0. The Bertz CT molecular complexity index is 842. The molecule has 0 bridgehead atoms. The normalized spacial score (nSPS) is 16.1. The van der Waals surface area contributed by atoms with E-state index in [1.807, 2.05) is 0 Å². The number of rotatable bonds is 7. The molecule has 1 N–H and O–H groups in total. The first kappa shape index (κ1) is 19.4. The van der Waals surface area contributed by atoms with Crippen molar-refractivity contribution in [2.24, 2.45) is 0 Å². The smallest absolute Gasteiger partial charge is 0.241 e. The first-order valence-electron chi connectivity index (χ1n) is 8.55. The second kappa shape index (κ2) is 8.55. The summed E-state index contributed by atoms with van der Waals surface area (Å²) < 4.78 is 43.8. The summed E-state index contributed by atoms with van der Waals surface area (Å²) in [6, 6.07) is 8.53. The van der Waals surface area contributed by atoms with Gasteiger partial charge in [-0.15, -0.1) is 0 Å². The van der Waals surface area contributed by atoms with Crippen molar-refractivity contribution in [2.75, 3.05) is 33.4 Å². The van der Waals surface area contributed by atoms with Gasteiger partial charge >= 0.3 is 0 Å². The molecule has 1 atom stereocenters. The lowest BCUT2D eigenvalue weighted by atomic mass is 10.1. The monoisotopic (exact) mass is 394 g/mol. The fourth-order valence-corrected chi connectivity index (χ4v) is 4.02. The molecule has 1 aromatic carbocycles. The van der Waals surface area contributed by atoms with E-state index < -0.39 is 16.1 Å². The fraction of sp³-hybridized carbons (Fsp3) is 0.389. The number of carbonyl (C=O) groups is 1. The van der Waals surface area contributed by atoms with Crippen molar-refractivity contribution < 1.29 is 27.1 Å². The molecule has 1 amide bonds. The second-order valence-electron chi connectivity index (χ2n) is 6.06. The predicted molar refractivity (Wildman–Crippen MR) is 96.8 cm³/mol. The Morgan fingerprint density at radius 1 is 1.22 bits per heavy atom. The maximum atomic E-state index is 12.8. The summed E-state index contributed by atoms with van der Waals surface area (Å²) in [5.74, 6) is 0.782. The van der Waals surface area contributed by atoms with Gasteiger partial charge in [0.25, 0.3) is 0 Å². The largest absolute Gasteiger partial charge is 0.497 e. The third kappa shape index (κ3) is 4.88. The van der Waals surface area contributed by atoms with Crippen LogP contribution in [0, 0.1) is 0 Å². The minimum atomic E-state index is -3.85. The standard InChI is InChI=1S/C18H22N2O6S/c1-24-14-4-6-15(7-5-14)27(22,23)19-16(17-3-2-10-26-17)13-18(21)20-8-11-25-12-9-20/h2-7,10,16,19H,8-9,11-13H2,1H3. The van der Waals surface area contributed by atoms with Crippen molar-refractivity contribution in [1.29, 1.82) is 0 Å². The molecule has 2 aromatic rings. The third-order valence-corrected chi connectivity index (χ3v) is 5.78. The molecular formula is C18H22N2O6S. The predicted octanol–water partition coefficient (Wildman–Crippen LogP) is 1.56. The van der Waals surface area contributed by atoms with E-state index in [1.54, 1.807) is 29.2 Å². The average Bonchev–Trinajstić information content (AvgIpc) is 3.23. The van der Waals surface area contributed by atoms with Gasteiger partial charge in [-0.25, -0.2) is 8.42 Å². The maximum absolute atomic E-state index is 12.8. The summed E-state index contributed by atoms with van der Waals surface area (Å²) in [6.07, 6.45) is 1.41. The molecule has 27 heavy (non-hydrogen) atoms. The van der Waals surface area contributed by atoms with Gasteiger partial charge in [-0.05, 0) is 36.4 Å². The molecule has 0 radical (unpaired) electrons. The van der Waals surface area contributed by atoms with Gasteiger partial charge in [0.2, 0.25) is 15.9 Å². The van der Waals surface area contributed by atoms with Crippen molar-refractivity contribution in [1.82, 2.24) is 9.62 Å². The van der Waals surface area contributed by atoms with Crippen LogP contribution in [0.15, 0.2) is 52.0 Å². The first-order valence-corrected chi connectivity index (χ1v) is 10.0. The maximum Gasteiger partial charge on any atom is 0.241 e. The highest BCUT2D eigenvalue weighted by Gasteiger charge is 2.28. The molecule has 1 aromatic heterocycles. The fourth-order valence-electron chi connectivity index (χ4n) is 2.82. The van der Waals surface area contributed by atoms with Gasteiger partial charge < -0.3 is 18.8 Å². The molecule has 1 unspecified atom stereocenters. The second-order valence-corrected chi connectivity index (χ2v) is 7.78. The number of benzene rings is 1. The van der Waals surface area contributed by atoms with Crippen LogP contribution in [0.25, 0.3) is 0 Å². The van der Waals surface area contributed by atoms with Crippen molar-refractivity contribution in [3.63, 3.8) is 0 Å². The molecule has 1 saturated heterocycles. The molecular weight excluding hydrogens is 372 g/mol.